The van der Waals surface area contributed by atoms with E-state index in [0.717, 1.165) is 29.7 Å². The molecular formula is C24H33F4N3O4S. The lowest BCUT2D eigenvalue weighted by molar-refractivity contribution is -0.172. The number of carbonyl (C=O) groups excluding carboxylic acids is 3. The van der Waals surface area contributed by atoms with Gasteiger partial charge in [0.05, 0.1) is 12.1 Å². The molecule has 0 radical (unpaired) electrons. The number of ketones is 1. The van der Waals surface area contributed by atoms with Gasteiger partial charge in [-0.25, -0.2) is 8.78 Å². The van der Waals surface area contributed by atoms with E-state index in [1.54, 1.807) is 19.2 Å². The van der Waals surface area contributed by atoms with Crippen molar-refractivity contribution < 1.29 is 36.7 Å². The van der Waals surface area contributed by atoms with Crippen LogP contribution in [0, 0.1) is 12.8 Å². The molecule has 1 aromatic rings. The summed E-state index contributed by atoms with van der Waals surface area (Å²) in [4.78, 5) is 37.7. The van der Waals surface area contributed by atoms with Crippen LogP contribution < -0.4 is 20.7 Å². The first-order chi connectivity index (χ1) is 16.9. The van der Waals surface area contributed by atoms with Gasteiger partial charge in [0.15, 0.2) is 5.06 Å². The van der Waals surface area contributed by atoms with Crippen molar-refractivity contribution in [2.45, 2.75) is 95.4 Å². The standard InChI is InChI=1S/C24H33F4N3O4S/c1-3-4-17(20(32)22(34)30-16-7-8-16)31-21(33)18(11-23(25,26)10-15-5-6-15)29-13-24(27,28)35-19-9-14(2)12-36-19/h9,12,15-18,29H,3-8,10-11,13H2,1-2H3,(H,30,34)(H,31,33)/t17-,18-/m0/s1. The molecule has 2 fully saturated rings. The summed E-state index contributed by atoms with van der Waals surface area (Å²) < 4.78 is 62.9. The van der Waals surface area contributed by atoms with Crippen LogP contribution in [0.2, 0.25) is 0 Å². The number of aryl methyl sites for hydroxylation is 1. The van der Waals surface area contributed by atoms with Gasteiger partial charge in [0, 0.05) is 18.9 Å². The van der Waals surface area contributed by atoms with Crippen molar-refractivity contribution in [3.8, 4) is 5.06 Å². The molecule has 7 nitrogen and oxygen atoms in total. The van der Waals surface area contributed by atoms with E-state index in [9.17, 15) is 31.9 Å². The third-order valence-corrected chi connectivity index (χ3v) is 6.88. The Morgan fingerprint density at radius 2 is 1.83 bits per heavy atom. The predicted molar refractivity (Wildman–Crippen MR) is 126 cm³/mol. The van der Waals surface area contributed by atoms with Crippen molar-refractivity contribution >= 4 is 28.9 Å². The van der Waals surface area contributed by atoms with E-state index in [1.165, 1.54) is 6.07 Å². The monoisotopic (exact) mass is 535 g/mol. The Morgan fingerprint density at radius 1 is 1.14 bits per heavy atom. The van der Waals surface area contributed by atoms with Gasteiger partial charge in [0.1, 0.15) is 6.54 Å². The van der Waals surface area contributed by atoms with Crippen LogP contribution in [0.15, 0.2) is 11.4 Å². The predicted octanol–water partition coefficient (Wildman–Crippen LogP) is 3.94. The molecule has 3 N–H and O–H groups in total. The van der Waals surface area contributed by atoms with Crippen LogP contribution in [-0.2, 0) is 14.4 Å². The lowest BCUT2D eigenvalue weighted by atomic mass is 10.0. The second-order valence-corrected chi connectivity index (χ2v) is 10.7. The van der Waals surface area contributed by atoms with Gasteiger partial charge in [-0.3, -0.25) is 19.7 Å². The van der Waals surface area contributed by atoms with Crippen LogP contribution in [-0.4, -0.2) is 54.3 Å². The van der Waals surface area contributed by atoms with E-state index in [-0.39, 0.29) is 23.4 Å². The molecule has 2 amide bonds. The van der Waals surface area contributed by atoms with Crippen LogP contribution in [0.1, 0.15) is 63.9 Å². The third-order valence-electron chi connectivity index (χ3n) is 5.96. The van der Waals surface area contributed by atoms with E-state index in [4.69, 9.17) is 0 Å². The topological polar surface area (TPSA) is 96.5 Å². The molecule has 1 aromatic heterocycles. The van der Waals surface area contributed by atoms with E-state index in [2.05, 4.69) is 20.7 Å². The smallest absolute Gasteiger partial charge is 0.411 e. The third kappa shape index (κ3) is 9.34. The van der Waals surface area contributed by atoms with Crippen molar-refractivity contribution in [3.63, 3.8) is 0 Å². The number of amides is 2. The minimum atomic E-state index is -3.77. The highest BCUT2D eigenvalue weighted by molar-refractivity contribution is 7.12. The summed E-state index contributed by atoms with van der Waals surface area (Å²) in [6, 6.07) is -1.63. The fraction of sp³-hybridized carbons (Fsp3) is 0.708. The lowest BCUT2D eigenvalue weighted by Crippen LogP contribution is -2.56. The number of thiophene rings is 1. The van der Waals surface area contributed by atoms with Gasteiger partial charge < -0.3 is 15.4 Å². The molecule has 36 heavy (non-hydrogen) atoms. The summed E-state index contributed by atoms with van der Waals surface area (Å²) in [6.45, 7) is 2.24. The average Bonchev–Trinajstić information content (AvgIpc) is 3.71. The van der Waals surface area contributed by atoms with Gasteiger partial charge in [-0.15, -0.1) is 11.3 Å². The number of Topliss-reactive ketones (excluding diaryl/α,β-unsaturated/α-hetero) is 1. The molecule has 0 saturated heterocycles. The SMILES string of the molecule is CCC[C@H](NC(=O)[C@H](CC(F)(F)CC1CC1)NCC(F)(F)Oc1cc(C)cs1)C(=O)C(=O)NC1CC1. The number of halogens is 4. The summed E-state index contributed by atoms with van der Waals surface area (Å²) in [5.41, 5.74) is 0.730. The first-order valence-electron chi connectivity index (χ1n) is 12.3. The van der Waals surface area contributed by atoms with Crippen LogP contribution in [0.25, 0.3) is 0 Å². The summed E-state index contributed by atoms with van der Waals surface area (Å²) in [7, 11) is 0. The highest BCUT2D eigenvalue weighted by atomic mass is 32.1. The van der Waals surface area contributed by atoms with Crippen molar-refractivity contribution in [1.29, 1.82) is 0 Å². The molecule has 2 aliphatic carbocycles. The van der Waals surface area contributed by atoms with E-state index in [0.29, 0.717) is 19.3 Å². The molecule has 1 heterocycles. The summed E-state index contributed by atoms with van der Waals surface area (Å²) >= 11 is 0.964. The Kier molecular flexibility index (Phi) is 9.37. The maximum atomic E-state index is 14.6. The highest BCUT2D eigenvalue weighted by Gasteiger charge is 2.43. The zero-order valence-electron chi connectivity index (χ0n) is 20.4. The average molecular weight is 536 g/mol. The summed E-state index contributed by atoms with van der Waals surface area (Å²) in [5, 5.41) is 8.68. The quantitative estimate of drug-likeness (QED) is 0.220. The molecule has 0 unspecified atom stereocenters. The lowest BCUT2D eigenvalue weighted by Gasteiger charge is -2.27. The second-order valence-electron chi connectivity index (χ2n) is 9.79. The van der Waals surface area contributed by atoms with Crippen molar-refractivity contribution in [1.82, 2.24) is 16.0 Å². The summed E-state index contributed by atoms with van der Waals surface area (Å²) in [5.74, 6) is -6.21. The number of rotatable bonds is 16. The minimum absolute atomic E-state index is 0.0466. The Hall–Kier alpha value is -2.21. The Labute approximate surface area is 211 Å². The van der Waals surface area contributed by atoms with E-state index in [1.807, 2.05) is 0 Å². The molecule has 2 aliphatic rings. The molecular weight excluding hydrogens is 502 g/mol. The molecule has 2 saturated carbocycles. The van der Waals surface area contributed by atoms with Crippen LogP contribution in [0.4, 0.5) is 17.6 Å². The Bertz CT molecular complexity index is 934. The number of nitrogens with one attached hydrogen (secondary N) is 3. The van der Waals surface area contributed by atoms with Gasteiger partial charge in [-0.2, -0.15) is 8.78 Å². The fourth-order valence-corrected chi connectivity index (χ4v) is 4.53. The number of hydrogen-bond donors (Lipinski definition) is 3. The van der Waals surface area contributed by atoms with Crippen LogP contribution in [0.5, 0.6) is 5.06 Å². The number of carbonyl (C=O) groups is 3. The Balaban J connectivity index is 1.67. The number of hydrogen-bond acceptors (Lipinski definition) is 6. The van der Waals surface area contributed by atoms with Crippen LogP contribution in [0.3, 0.4) is 0 Å². The molecule has 3 rings (SSSR count). The first-order valence-corrected chi connectivity index (χ1v) is 13.1. The molecule has 0 aliphatic heterocycles. The molecule has 202 valence electrons. The molecule has 12 heteroatoms. The normalized spacial score (nSPS) is 17.8. The van der Waals surface area contributed by atoms with Crippen molar-refractivity contribution in [3.05, 3.63) is 17.0 Å². The van der Waals surface area contributed by atoms with Gasteiger partial charge in [0.2, 0.25) is 17.6 Å². The molecule has 0 spiro atoms. The summed E-state index contributed by atoms with van der Waals surface area (Å²) in [6.07, 6.45) is -1.87. The van der Waals surface area contributed by atoms with E-state index < -0.39 is 61.1 Å². The van der Waals surface area contributed by atoms with Gasteiger partial charge in [-0.05, 0) is 62.0 Å². The zero-order valence-corrected chi connectivity index (χ0v) is 21.2. The van der Waals surface area contributed by atoms with Gasteiger partial charge in [0.25, 0.3) is 5.91 Å². The largest absolute Gasteiger partial charge is 0.422 e. The fourth-order valence-electron chi connectivity index (χ4n) is 3.74. The molecule has 0 aromatic carbocycles. The maximum absolute atomic E-state index is 14.6. The minimum Gasteiger partial charge on any atom is -0.422 e. The second kappa shape index (κ2) is 11.9. The number of ether oxygens (including phenoxy) is 1. The maximum Gasteiger partial charge on any atom is 0.411 e. The highest BCUT2D eigenvalue weighted by Crippen LogP contribution is 2.41. The van der Waals surface area contributed by atoms with Gasteiger partial charge in [-0.1, -0.05) is 13.3 Å². The van der Waals surface area contributed by atoms with Crippen molar-refractivity contribution in [2.75, 3.05) is 6.54 Å². The molecule has 2 atom stereocenters. The van der Waals surface area contributed by atoms with Gasteiger partial charge >= 0.3 is 6.11 Å². The Morgan fingerprint density at radius 3 is 2.39 bits per heavy atom. The number of alkyl halides is 4. The van der Waals surface area contributed by atoms with Crippen LogP contribution >= 0.6 is 11.3 Å². The van der Waals surface area contributed by atoms with Crippen molar-refractivity contribution in [2.24, 2.45) is 5.92 Å². The molecule has 0 bridgehead atoms. The first kappa shape index (κ1) is 28.4. The van der Waals surface area contributed by atoms with E-state index >= 15 is 0 Å². The zero-order chi connectivity index (χ0) is 26.5.